The van der Waals surface area contributed by atoms with Crippen molar-refractivity contribution < 1.29 is 4.74 Å². The third kappa shape index (κ3) is 4.14. The molecule has 0 heterocycles. The molecule has 2 aromatic carbocycles. The molecule has 1 N–H and O–H groups in total. The minimum absolute atomic E-state index is 0.638. The Bertz CT molecular complexity index is 572. The number of ether oxygens (including phenoxy) is 1. The van der Waals surface area contributed by atoms with Gasteiger partial charge >= 0.3 is 0 Å². The van der Waals surface area contributed by atoms with Crippen LogP contribution in [0.25, 0.3) is 0 Å². The minimum atomic E-state index is 0.638. The van der Waals surface area contributed by atoms with Gasteiger partial charge in [-0.3, -0.25) is 0 Å². The van der Waals surface area contributed by atoms with E-state index in [9.17, 15) is 0 Å². The molecule has 2 nitrogen and oxygen atoms in total. The van der Waals surface area contributed by atoms with Gasteiger partial charge in [0.2, 0.25) is 0 Å². The van der Waals surface area contributed by atoms with Gasteiger partial charge in [0.15, 0.2) is 0 Å². The van der Waals surface area contributed by atoms with E-state index in [4.69, 9.17) is 27.9 Å². The van der Waals surface area contributed by atoms with Gasteiger partial charge in [-0.1, -0.05) is 41.4 Å². The van der Waals surface area contributed by atoms with Crippen LogP contribution in [-0.2, 0) is 13.1 Å². The van der Waals surface area contributed by atoms with Crippen LogP contribution < -0.4 is 10.1 Å². The lowest BCUT2D eigenvalue weighted by molar-refractivity contribution is 0.335. The lowest BCUT2D eigenvalue weighted by Gasteiger charge is -2.12. The van der Waals surface area contributed by atoms with E-state index in [-0.39, 0.29) is 0 Å². The molecule has 0 amide bonds. The Morgan fingerprint density at radius 1 is 1.00 bits per heavy atom. The Hall–Kier alpha value is -1.22. The van der Waals surface area contributed by atoms with Crippen molar-refractivity contribution >= 4 is 23.2 Å². The first-order valence-electron chi connectivity index (χ1n) is 6.56. The van der Waals surface area contributed by atoms with Crippen molar-refractivity contribution in [1.82, 2.24) is 5.32 Å². The van der Waals surface area contributed by atoms with Gasteiger partial charge in [0.05, 0.1) is 6.61 Å². The standard InChI is InChI=1S/C16H17Cl2NO/c1-2-20-16-8-7-14(17)9-13(16)11-19-10-12-5-3-4-6-15(12)18/h3-9,19H,2,10-11H2,1H3. The first kappa shape index (κ1) is 15.2. The monoisotopic (exact) mass is 309 g/mol. The quantitative estimate of drug-likeness (QED) is 0.836. The van der Waals surface area contributed by atoms with Gasteiger partial charge in [0.1, 0.15) is 5.75 Å². The highest BCUT2D eigenvalue weighted by Crippen LogP contribution is 2.23. The van der Waals surface area contributed by atoms with Crippen molar-refractivity contribution in [3.05, 3.63) is 63.6 Å². The Labute approximate surface area is 129 Å². The Kier molecular flexibility index (Phi) is 5.72. The number of rotatable bonds is 6. The average Bonchev–Trinajstić information content (AvgIpc) is 2.44. The van der Waals surface area contributed by atoms with E-state index in [1.807, 2.05) is 49.4 Å². The molecule has 0 spiro atoms. The number of nitrogens with one attached hydrogen (secondary N) is 1. The average molecular weight is 310 g/mol. The van der Waals surface area contributed by atoms with Crippen LogP contribution in [0.2, 0.25) is 10.0 Å². The lowest BCUT2D eigenvalue weighted by atomic mass is 10.2. The van der Waals surface area contributed by atoms with Crippen LogP contribution in [0.4, 0.5) is 0 Å². The highest BCUT2D eigenvalue weighted by molar-refractivity contribution is 6.31. The number of halogens is 2. The third-order valence-electron chi connectivity index (χ3n) is 2.91. The summed E-state index contributed by atoms with van der Waals surface area (Å²) in [6, 6.07) is 13.5. The molecule has 0 aromatic heterocycles. The normalized spacial score (nSPS) is 10.6. The molecule has 20 heavy (non-hydrogen) atoms. The third-order valence-corrected chi connectivity index (χ3v) is 3.51. The molecule has 0 radical (unpaired) electrons. The van der Waals surface area contributed by atoms with Crippen LogP contribution in [0.15, 0.2) is 42.5 Å². The number of hydrogen-bond acceptors (Lipinski definition) is 2. The molecule has 2 rings (SSSR count). The topological polar surface area (TPSA) is 21.3 Å². The zero-order chi connectivity index (χ0) is 14.4. The maximum absolute atomic E-state index is 6.13. The SMILES string of the molecule is CCOc1ccc(Cl)cc1CNCc1ccccc1Cl. The summed E-state index contributed by atoms with van der Waals surface area (Å²) in [7, 11) is 0. The fourth-order valence-electron chi connectivity index (χ4n) is 1.96. The van der Waals surface area contributed by atoms with E-state index in [0.717, 1.165) is 21.9 Å². The second kappa shape index (κ2) is 7.53. The molecule has 106 valence electrons. The van der Waals surface area contributed by atoms with Crippen LogP contribution in [0.3, 0.4) is 0 Å². The highest BCUT2D eigenvalue weighted by Gasteiger charge is 2.05. The maximum atomic E-state index is 6.13. The summed E-state index contributed by atoms with van der Waals surface area (Å²) in [4.78, 5) is 0. The molecule has 0 aliphatic carbocycles. The second-order valence-corrected chi connectivity index (χ2v) is 5.22. The van der Waals surface area contributed by atoms with E-state index < -0.39 is 0 Å². The van der Waals surface area contributed by atoms with Crippen molar-refractivity contribution in [1.29, 1.82) is 0 Å². The molecule has 0 aliphatic rings. The van der Waals surface area contributed by atoms with E-state index in [1.165, 1.54) is 0 Å². The Balaban J connectivity index is 2.00. The first-order valence-corrected chi connectivity index (χ1v) is 7.31. The van der Waals surface area contributed by atoms with Crippen LogP contribution in [-0.4, -0.2) is 6.61 Å². The van der Waals surface area contributed by atoms with Crippen LogP contribution >= 0.6 is 23.2 Å². The predicted octanol–water partition coefficient (Wildman–Crippen LogP) is 4.68. The van der Waals surface area contributed by atoms with E-state index in [0.29, 0.717) is 24.7 Å². The molecule has 0 bridgehead atoms. The summed E-state index contributed by atoms with van der Waals surface area (Å²) in [6.45, 7) is 3.99. The van der Waals surface area contributed by atoms with E-state index in [1.54, 1.807) is 0 Å². The van der Waals surface area contributed by atoms with Gasteiger partial charge in [-0.15, -0.1) is 0 Å². The summed E-state index contributed by atoms with van der Waals surface area (Å²) < 4.78 is 5.59. The zero-order valence-corrected chi connectivity index (χ0v) is 12.8. The van der Waals surface area contributed by atoms with Crippen molar-refractivity contribution in [2.45, 2.75) is 20.0 Å². The van der Waals surface area contributed by atoms with E-state index >= 15 is 0 Å². The minimum Gasteiger partial charge on any atom is -0.494 e. The summed E-state index contributed by atoms with van der Waals surface area (Å²) in [5.41, 5.74) is 2.13. The van der Waals surface area contributed by atoms with Crippen molar-refractivity contribution in [2.24, 2.45) is 0 Å². The van der Waals surface area contributed by atoms with Gasteiger partial charge in [-0.25, -0.2) is 0 Å². The van der Waals surface area contributed by atoms with Gasteiger partial charge in [-0.05, 0) is 36.8 Å². The molecule has 4 heteroatoms. The number of hydrogen-bond donors (Lipinski definition) is 1. The molecule has 0 unspecified atom stereocenters. The van der Waals surface area contributed by atoms with Crippen LogP contribution in [0.5, 0.6) is 5.75 Å². The Morgan fingerprint density at radius 3 is 2.50 bits per heavy atom. The fraction of sp³-hybridized carbons (Fsp3) is 0.250. The molecule has 0 fully saturated rings. The molecular formula is C16H17Cl2NO. The smallest absolute Gasteiger partial charge is 0.123 e. The summed E-state index contributed by atoms with van der Waals surface area (Å²) in [5.74, 6) is 0.864. The van der Waals surface area contributed by atoms with Crippen molar-refractivity contribution in [3.63, 3.8) is 0 Å². The van der Waals surface area contributed by atoms with Crippen molar-refractivity contribution in [3.8, 4) is 5.75 Å². The van der Waals surface area contributed by atoms with Crippen molar-refractivity contribution in [2.75, 3.05) is 6.61 Å². The molecular weight excluding hydrogens is 293 g/mol. The first-order chi connectivity index (χ1) is 9.70. The molecule has 2 aromatic rings. The summed E-state index contributed by atoms with van der Waals surface area (Å²) in [5, 5.41) is 4.85. The van der Waals surface area contributed by atoms with E-state index in [2.05, 4.69) is 5.32 Å². The molecule has 0 aliphatic heterocycles. The molecule has 0 atom stereocenters. The predicted molar refractivity (Wildman–Crippen MR) is 84.6 cm³/mol. The fourth-order valence-corrected chi connectivity index (χ4v) is 2.35. The second-order valence-electron chi connectivity index (χ2n) is 4.38. The summed E-state index contributed by atoms with van der Waals surface area (Å²) >= 11 is 12.2. The van der Waals surface area contributed by atoms with Gasteiger partial charge in [0, 0.05) is 28.7 Å². The molecule has 0 saturated carbocycles. The maximum Gasteiger partial charge on any atom is 0.123 e. The van der Waals surface area contributed by atoms with Crippen LogP contribution in [0, 0.1) is 0 Å². The lowest BCUT2D eigenvalue weighted by Crippen LogP contribution is -2.14. The van der Waals surface area contributed by atoms with Crippen LogP contribution in [0.1, 0.15) is 18.1 Å². The van der Waals surface area contributed by atoms with Gasteiger partial charge in [-0.2, -0.15) is 0 Å². The Morgan fingerprint density at radius 2 is 1.75 bits per heavy atom. The summed E-state index contributed by atoms with van der Waals surface area (Å²) in [6.07, 6.45) is 0. The van der Waals surface area contributed by atoms with Gasteiger partial charge in [0.25, 0.3) is 0 Å². The highest BCUT2D eigenvalue weighted by atomic mass is 35.5. The largest absolute Gasteiger partial charge is 0.494 e. The molecule has 0 saturated heterocycles. The van der Waals surface area contributed by atoms with Gasteiger partial charge < -0.3 is 10.1 Å². The zero-order valence-electron chi connectivity index (χ0n) is 11.3. The number of benzene rings is 2.